The van der Waals surface area contributed by atoms with Gasteiger partial charge in [-0.3, -0.25) is 4.90 Å². The second-order valence-corrected chi connectivity index (χ2v) is 4.27. The molecule has 1 unspecified atom stereocenters. The molecule has 1 aliphatic heterocycles. The summed E-state index contributed by atoms with van der Waals surface area (Å²) in [6.45, 7) is 9.44. The highest BCUT2D eigenvalue weighted by molar-refractivity contribution is 4.98. The molecule has 0 amide bonds. The van der Waals surface area contributed by atoms with Crippen LogP contribution in [0.2, 0.25) is 0 Å². The number of rotatable bonds is 3. The molecule has 1 fully saturated rings. The van der Waals surface area contributed by atoms with E-state index in [2.05, 4.69) is 38.0 Å². The summed E-state index contributed by atoms with van der Waals surface area (Å²) in [6.07, 6.45) is 2.56. The fourth-order valence-electron chi connectivity index (χ4n) is 2.31. The minimum atomic E-state index is 0.352. The van der Waals surface area contributed by atoms with Crippen LogP contribution in [0.4, 0.5) is 0 Å². The number of hydrogen-bond acceptors (Lipinski definition) is 2. The third kappa shape index (κ3) is 1.64. The van der Waals surface area contributed by atoms with Gasteiger partial charge in [0.2, 0.25) is 0 Å². The second-order valence-electron chi connectivity index (χ2n) is 4.27. The Morgan fingerprint density at radius 3 is 2.58 bits per heavy atom. The molecule has 1 N–H and O–H groups in total. The predicted octanol–water partition coefficient (Wildman–Crippen LogP) is 1.47. The fraction of sp³-hybridized carbons (Fsp3) is 1.00. The van der Waals surface area contributed by atoms with E-state index in [4.69, 9.17) is 0 Å². The molecule has 72 valence electrons. The first-order valence-corrected chi connectivity index (χ1v) is 5.05. The van der Waals surface area contributed by atoms with Crippen LogP contribution >= 0.6 is 0 Å². The van der Waals surface area contributed by atoms with Crippen LogP contribution in [0.25, 0.3) is 0 Å². The number of hydrogen-bond donors (Lipinski definition) is 1. The fourth-order valence-corrected chi connectivity index (χ4v) is 2.31. The van der Waals surface area contributed by atoms with Crippen molar-refractivity contribution in [2.75, 3.05) is 20.1 Å². The molecule has 1 rings (SSSR count). The lowest BCUT2D eigenvalue weighted by molar-refractivity contribution is 0.154. The zero-order chi connectivity index (χ0) is 9.19. The number of likely N-dealkylation sites (N-methyl/N-ethyl adjacent to an activating group) is 1. The maximum absolute atomic E-state index is 3.40. The summed E-state index contributed by atoms with van der Waals surface area (Å²) < 4.78 is 0. The molecular formula is C10H22N2. The van der Waals surface area contributed by atoms with Gasteiger partial charge in [0.05, 0.1) is 0 Å². The summed E-state index contributed by atoms with van der Waals surface area (Å²) in [5, 5.41) is 3.40. The van der Waals surface area contributed by atoms with E-state index in [1.165, 1.54) is 25.9 Å². The monoisotopic (exact) mass is 170 g/mol. The van der Waals surface area contributed by atoms with Crippen molar-refractivity contribution >= 4 is 0 Å². The number of nitrogens with one attached hydrogen (secondary N) is 1. The van der Waals surface area contributed by atoms with Gasteiger partial charge in [-0.05, 0) is 40.3 Å². The summed E-state index contributed by atoms with van der Waals surface area (Å²) in [5.74, 6) is 0. The molecule has 0 bridgehead atoms. The molecule has 0 spiro atoms. The van der Waals surface area contributed by atoms with Gasteiger partial charge in [0.25, 0.3) is 0 Å². The van der Waals surface area contributed by atoms with Crippen LogP contribution in [0, 0.1) is 0 Å². The van der Waals surface area contributed by atoms with Gasteiger partial charge in [-0.1, -0.05) is 6.92 Å². The Kier molecular flexibility index (Phi) is 3.13. The highest BCUT2D eigenvalue weighted by Crippen LogP contribution is 2.28. The van der Waals surface area contributed by atoms with Crippen molar-refractivity contribution in [3.05, 3.63) is 0 Å². The van der Waals surface area contributed by atoms with Gasteiger partial charge in [-0.2, -0.15) is 0 Å². The van der Waals surface area contributed by atoms with E-state index in [9.17, 15) is 0 Å². The average molecular weight is 170 g/mol. The standard InChI is InChI=1S/C10H22N2/c1-5-7-12-8-6-9(11-4)10(12,2)3/h9,11H,5-8H2,1-4H3. The van der Waals surface area contributed by atoms with E-state index in [1.54, 1.807) is 0 Å². The molecule has 0 radical (unpaired) electrons. The summed E-state index contributed by atoms with van der Waals surface area (Å²) >= 11 is 0. The highest BCUT2D eigenvalue weighted by atomic mass is 15.2. The Labute approximate surface area is 76.3 Å². The molecule has 12 heavy (non-hydrogen) atoms. The second kappa shape index (κ2) is 3.75. The van der Waals surface area contributed by atoms with Crippen molar-refractivity contribution in [1.29, 1.82) is 0 Å². The lowest BCUT2D eigenvalue weighted by Crippen LogP contribution is -2.50. The molecule has 1 saturated heterocycles. The molecule has 1 aliphatic rings. The van der Waals surface area contributed by atoms with Gasteiger partial charge >= 0.3 is 0 Å². The van der Waals surface area contributed by atoms with Crippen LogP contribution in [0.5, 0.6) is 0 Å². The SMILES string of the molecule is CCCN1CCC(NC)C1(C)C. The molecule has 0 saturated carbocycles. The number of nitrogens with zero attached hydrogens (tertiary/aromatic N) is 1. The normalized spacial score (nSPS) is 29.5. The molecule has 2 nitrogen and oxygen atoms in total. The molecule has 0 aliphatic carbocycles. The Balaban J connectivity index is 2.57. The van der Waals surface area contributed by atoms with Gasteiger partial charge in [0.1, 0.15) is 0 Å². The van der Waals surface area contributed by atoms with Crippen molar-refractivity contribution in [1.82, 2.24) is 10.2 Å². The lowest BCUT2D eigenvalue weighted by Gasteiger charge is -2.35. The molecule has 0 aromatic rings. The third-order valence-electron chi connectivity index (χ3n) is 3.20. The zero-order valence-corrected chi connectivity index (χ0v) is 8.85. The average Bonchev–Trinajstić information content (AvgIpc) is 2.28. The lowest BCUT2D eigenvalue weighted by atomic mass is 9.96. The van der Waals surface area contributed by atoms with Crippen LogP contribution in [0.15, 0.2) is 0 Å². The predicted molar refractivity (Wildman–Crippen MR) is 53.4 cm³/mol. The summed E-state index contributed by atoms with van der Waals surface area (Å²) in [7, 11) is 2.07. The Morgan fingerprint density at radius 1 is 1.50 bits per heavy atom. The van der Waals surface area contributed by atoms with E-state index in [0.717, 1.165) is 0 Å². The molecular weight excluding hydrogens is 148 g/mol. The van der Waals surface area contributed by atoms with Crippen LogP contribution in [-0.2, 0) is 0 Å². The van der Waals surface area contributed by atoms with Gasteiger partial charge in [0, 0.05) is 18.1 Å². The highest BCUT2D eigenvalue weighted by Gasteiger charge is 2.39. The molecule has 1 heterocycles. The van der Waals surface area contributed by atoms with Crippen LogP contribution in [0.1, 0.15) is 33.6 Å². The van der Waals surface area contributed by atoms with Crippen molar-refractivity contribution in [3.63, 3.8) is 0 Å². The van der Waals surface area contributed by atoms with Crippen molar-refractivity contribution in [3.8, 4) is 0 Å². The molecule has 0 aromatic heterocycles. The van der Waals surface area contributed by atoms with Crippen LogP contribution in [0.3, 0.4) is 0 Å². The topological polar surface area (TPSA) is 15.3 Å². The quantitative estimate of drug-likeness (QED) is 0.690. The van der Waals surface area contributed by atoms with Crippen molar-refractivity contribution in [2.45, 2.75) is 45.2 Å². The Bertz CT molecular complexity index is 143. The van der Waals surface area contributed by atoms with Crippen LogP contribution in [-0.4, -0.2) is 36.6 Å². The summed E-state index contributed by atoms with van der Waals surface area (Å²) in [6, 6.07) is 0.670. The molecule has 1 atom stereocenters. The minimum absolute atomic E-state index is 0.352. The van der Waals surface area contributed by atoms with Crippen molar-refractivity contribution < 1.29 is 0 Å². The molecule has 2 heteroatoms. The van der Waals surface area contributed by atoms with Gasteiger partial charge in [-0.15, -0.1) is 0 Å². The largest absolute Gasteiger partial charge is 0.315 e. The smallest absolute Gasteiger partial charge is 0.0306 e. The van der Waals surface area contributed by atoms with Gasteiger partial charge < -0.3 is 5.32 Å². The maximum Gasteiger partial charge on any atom is 0.0306 e. The summed E-state index contributed by atoms with van der Waals surface area (Å²) in [4.78, 5) is 2.59. The number of likely N-dealkylation sites (tertiary alicyclic amines) is 1. The first-order valence-electron chi connectivity index (χ1n) is 5.05. The van der Waals surface area contributed by atoms with E-state index in [1.807, 2.05) is 0 Å². The third-order valence-corrected chi connectivity index (χ3v) is 3.20. The first-order chi connectivity index (χ1) is 5.62. The van der Waals surface area contributed by atoms with Gasteiger partial charge in [-0.25, -0.2) is 0 Å². The van der Waals surface area contributed by atoms with E-state index in [0.29, 0.717) is 11.6 Å². The minimum Gasteiger partial charge on any atom is -0.315 e. The van der Waals surface area contributed by atoms with Gasteiger partial charge in [0.15, 0.2) is 0 Å². The van der Waals surface area contributed by atoms with Crippen LogP contribution < -0.4 is 5.32 Å². The zero-order valence-electron chi connectivity index (χ0n) is 8.85. The van der Waals surface area contributed by atoms with E-state index >= 15 is 0 Å². The Morgan fingerprint density at radius 2 is 2.17 bits per heavy atom. The van der Waals surface area contributed by atoms with Crippen molar-refractivity contribution in [2.24, 2.45) is 0 Å². The Hall–Kier alpha value is -0.0800. The first kappa shape index (κ1) is 10.0. The maximum atomic E-state index is 3.40. The van der Waals surface area contributed by atoms with E-state index < -0.39 is 0 Å². The summed E-state index contributed by atoms with van der Waals surface area (Å²) in [5.41, 5.74) is 0.352. The molecule has 0 aromatic carbocycles. The van der Waals surface area contributed by atoms with E-state index in [-0.39, 0.29) is 0 Å².